The monoisotopic (exact) mass is 312 g/mol. The molecule has 0 bridgehead atoms. The van der Waals surface area contributed by atoms with Crippen LogP contribution in [0.3, 0.4) is 0 Å². The summed E-state index contributed by atoms with van der Waals surface area (Å²) >= 11 is 1.21. The topological polar surface area (TPSA) is 93.2 Å². The van der Waals surface area contributed by atoms with Crippen LogP contribution in [0.4, 0.5) is 5.13 Å². The van der Waals surface area contributed by atoms with Crippen molar-refractivity contribution in [3.8, 4) is 0 Å². The SMILES string of the molecule is CCOC(=O)Cc1nnc(NC(=O)[C@H]2CCN[C@@H](C)C2)s1. The van der Waals surface area contributed by atoms with Gasteiger partial charge in [-0.3, -0.25) is 9.59 Å². The zero-order valence-electron chi connectivity index (χ0n) is 12.2. The van der Waals surface area contributed by atoms with E-state index in [0.29, 0.717) is 22.8 Å². The highest BCUT2D eigenvalue weighted by Crippen LogP contribution is 2.21. The van der Waals surface area contributed by atoms with E-state index in [4.69, 9.17) is 4.74 Å². The number of nitrogens with zero attached hydrogens (tertiary/aromatic N) is 2. The average molecular weight is 312 g/mol. The number of anilines is 1. The largest absolute Gasteiger partial charge is 0.466 e. The van der Waals surface area contributed by atoms with Gasteiger partial charge in [-0.25, -0.2) is 0 Å². The second kappa shape index (κ2) is 7.46. The first-order valence-electron chi connectivity index (χ1n) is 7.10. The fourth-order valence-electron chi connectivity index (χ4n) is 2.29. The molecule has 1 aliphatic heterocycles. The third-order valence-electron chi connectivity index (χ3n) is 3.29. The molecule has 1 fully saturated rings. The lowest BCUT2D eigenvalue weighted by Gasteiger charge is -2.26. The van der Waals surface area contributed by atoms with Crippen LogP contribution in [0.25, 0.3) is 0 Å². The predicted molar refractivity (Wildman–Crippen MR) is 79.1 cm³/mol. The van der Waals surface area contributed by atoms with Crippen LogP contribution in [-0.4, -0.2) is 41.3 Å². The van der Waals surface area contributed by atoms with Gasteiger partial charge in [0.05, 0.1) is 13.0 Å². The number of hydrogen-bond acceptors (Lipinski definition) is 7. The van der Waals surface area contributed by atoms with Crippen LogP contribution in [0.1, 0.15) is 31.7 Å². The number of esters is 1. The van der Waals surface area contributed by atoms with E-state index in [-0.39, 0.29) is 24.2 Å². The van der Waals surface area contributed by atoms with Crippen molar-refractivity contribution >= 4 is 28.3 Å². The fraction of sp³-hybridized carbons (Fsp3) is 0.692. The lowest BCUT2D eigenvalue weighted by Crippen LogP contribution is -2.40. The summed E-state index contributed by atoms with van der Waals surface area (Å²) in [6.07, 6.45) is 1.73. The Bertz CT molecular complexity index is 505. The van der Waals surface area contributed by atoms with Gasteiger partial charge >= 0.3 is 5.97 Å². The van der Waals surface area contributed by atoms with Crippen molar-refractivity contribution in [2.24, 2.45) is 5.92 Å². The van der Waals surface area contributed by atoms with Crippen molar-refractivity contribution in [2.45, 2.75) is 39.2 Å². The van der Waals surface area contributed by atoms with Crippen molar-refractivity contribution in [2.75, 3.05) is 18.5 Å². The molecule has 0 saturated carbocycles. The molecule has 1 amide bonds. The number of carbonyl (C=O) groups is 2. The minimum atomic E-state index is -0.335. The third kappa shape index (κ3) is 4.75. The lowest BCUT2D eigenvalue weighted by atomic mass is 9.93. The van der Waals surface area contributed by atoms with E-state index in [1.54, 1.807) is 6.92 Å². The summed E-state index contributed by atoms with van der Waals surface area (Å²) in [5.74, 6) is -0.362. The van der Waals surface area contributed by atoms with E-state index in [0.717, 1.165) is 19.4 Å². The summed E-state index contributed by atoms with van der Waals surface area (Å²) in [4.78, 5) is 23.5. The summed E-state index contributed by atoms with van der Waals surface area (Å²) in [7, 11) is 0. The molecule has 8 heteroatoms. The molecule has 1 saturated heterocycles. The fourth-order valence-corrected chi connectivity index (χ4v) is 3.02. The van der Waals surface area contributed by atoms with Crippen LogP contribution < -0.4 is 10.6 Å². The summed E-state index contributed by atoms with van der Waals surface area (Å²) < 4.78 is 4.85. The summed E-state index contributed by atoms with van der Waals surface area (Å²) in [6, 6.07) is 0.350. The number of rotatable bonds is 5. The molecular weight excluding hydrogens is 292 g/mol. The van der Waals surface area contributed by atoms with Gasteiger partial charge < -0.3 is 15.4 Å². The lowest BCUT2D eigenvalue weighted by molar-refractivity contribution is -0.142. The van der Waals surface area contributed by atoms with Crippen LogP contribution >= 0.6 is 11.3 Å². The van der Waals surface area contributed by atoms with Gasteiger partial charge in [0.25, 0.3) is 0 Å². The van der Waals surface area contributed by atoms with Gasteiger partial charge in [0.1, 0.15) is 5.01 Å². The number of nitrogens with one attached hydrogen (secondary N) is 2. The highest BCUT2D eigenvalue weighted by molar-refractivity contribution is 7.15. The normalized spacial score (nSPS) is 21.8. The van der Waals surface area contributed by atoms with Gasteiger partial charge in [0, 0.05) is 12.0 Å². The molecular formula is C13H20N4O3S. The summed E-state index contributed by atoms with van der Waals surface area (Å²) in [5, 5.41) is 14.9. The van der Waals surface area contributed by atoms with Crippen LogP contribution in [-0.2, 0) is 20.7 Å². The van der Waals surface area contributed by atoms with E-state index < -0.39 is 0 Å². The molecule has 1 aliphatic rings. The first-order valence-corrected chi connectivity index (χ1v) is 7.92. The smallest absolute Gasteiger partial charge is 0.312 e. The first-order chi connectivity index (χ1) is 10.1. The maximum absolute atomic E-state index is 12.2. The minimum Gasteiger partial charge on any atom is -0.466 e. The van der Waals surface area contributed by atoms with E-state index in [2.05, 4.69) is 27.8 Å². The molecule has 116 valence electrons. The molecule has 0 aliphatic carbocycles. The molecule has 0 unspecified atom stereocenters. The maximum Gasteiger partial charge on any atom is 0.312 e. The number of aromatic nitrogens is 2. The molecule has 1 aromatic rings. The van der Waals surface area contributed by atoms with Gasteiger partial charge in [0.2, 0.25) is 11.0 Å². The molecule has 0 spiro atoms. The van der Waals surface area contributed by atoms with E-state index in [1.807, 2.05) is 0 Å². The summed E-state index contributed by atoms with van der Waals surface area (Å²) in [6.45, 7) is 5.02. The first kappa shape index (κ1) is 15.8. The van der Waals surface area contributed by atoms with Crippen LogP contribution in [0, 0.1) is 5.92 Å². The number of hydrogen-bond donors (Lipinski definition) is 2. The Morgan fingerprint density at radius 1 is 1.48 bits per heavy atom. The maximum atomic E-state index is 12.2. The van der Waals surface area contributed by atoms with Gasteiger partial charge in [-0.2, -0.15) is 0 Å². The Hall–Kier alpha value is -1.54. The van der Waals surface area contributed by atoms with Gasteiger partial charge in [-0.1, -0.05) is 11.3 Å². The highest BCUT2D eigenvalue weighted by Gasteiger charge is 2.25. The van der Waals surface area contributed by atoms with Crippen LogP contribution in [0.2, 0.25) is 0 Å². The standard InChI is InChI=1S/C13H20N4O3S/c1-3-20-11(18)7-10-16-17-13(21-10)15-12(19)9-4-5-14-8(2)6-9/h8-9,14H,3-7H2,1-2H3,(H,15,17,19)/t8-,9-/m0/s1. The molecule has 7 nitrogen and oxygen atoms in total. The van der Waals surface area contributed by atoms with E-state index >= 15 is 0 Å². The number of carbonyl (C=O) groups excluding carboxylic acids is 2. The van der Waals surface area contributed by atoms with Crippen molar-refractivity contribution < 1.29 is 14.3 Å². The molecule has 2 atom stereocenters. The molecule has 0 radical (unpaired) electrons. The minimum absolute atomic E-state index is 0.00124. The van der Waals surface area contributed by atoms with Crippen LogP contribution in [0.15, 0.2) is 0 Å². The Kier molecular flexibility index (Phi) is 5.63. The van der Waals surface area contributed by atoms with Crippen molar-refractivity contribution in [1.82, 2.24) is 15.5 Å². The highest BCUT2D eigenvalue weighted by atomic mass is 32.1. The summed E-state index contributed by atoms with van der Waals surface area (Å²) in [5.41, 5.74) is 0. The Morgan fingerprint density at radius 2 is 2.29 bits per heavy atom. The average Bonchev–Trinajstić information content (AvgIpc) is 2.86. The number of ether oxygens (including phenoxy) is 1. The molecule has 2 rings (SSSR count). The van der Waals surface area contributed by atoms with Crippen molar-refractivity contribution in [1.29, 1.82) is 0 Å². The molecule has 1 aromatic heterocycles. The Balaban J connectivity index is 1.86. The van der Waals surface area contributed by atoms with Gasteiger partial charge in [-0.15, -0.1) is 10.2 Å². The number of amides is 1. The van der Waals surface area contributed by atoms with E-state index in [1.165, 1.54) is 11.3 Å². The van der Waals surface area contributed by atoms with Crippen LogP contribution in [0.5, 0.6) is 0 Å². The molecule has 0 aromatic carbocycles. The zero-order valence-corrected chi connectivity index (χ0v) is 13.0. The van der Waals surface area contributed by atoms with Gasteiger partial charge in [-0.05, 0) is 33.2 Å². The zero-order chi connectivity index (χ0) is 15.2. The molecule has 21 heavy (non-hydrogen) atoms. The number of piperidine rings is 1. The van der Waals surface area contributed by atoms with Crippen molar-refractivity contribution in [3.63, 3.8) is 0 Å². The second-order valence-corrected chi connectivity index (χ2v) is 6.11. The molecule has 2 heterocycles. The predicted octanol–water partition coefficient (Wildman–Crippen LogP) is 0.970. The Morgan fingerprint density at radius 3 is 3.00 bits per heavy atom. The third-order valence-corrected chi connectivity index (χ3v) is 4.13. The quantitative estimate of drug-likeness (QED) is 0.787. The van der Waals surface area contributed by atoms with Gasteiger partial charge in [0.15, 0.2) is 0 Å². The molecule has 2 N–H and O–H groups in total. The Labute approximate surface area is 127 Å². The van der Waals surface area contributed by atoms with E-state index in [9.17, 15) is 9.59 Å². The van der Waals surface area contributed by atoms with Crippen molar-refractivity contribution in [3.05, 3.63) is 5.01 Å². The second-order valence-electron chi connectivity index (χ2n) is 5.05.